The van der Waals surface area contributed by atoms with E-state index < -0.39 is 9.84 Å². The molecule has 0 aliphatic carbocycles. The monoisotopic (exact) mass is 324 g/mol. The van der Waals surface area contributed by atoms with Gasteiger partial charge in [-0.2, -0.15) is 0 Å². The lowest BCUT2D eigenvalue weighted by Gasteiger charge is -2.21. The molecule has 2 heterocycles. The second-order valence-corrected chi connectivity index (χ2v) is 8.42. The molecule has 1 amide bonds. The summed E-state index contributed by atoms with van der Waals surface area (Å²) in [6, 6.07) is 5.85. The van der Waals surface area contributed by atoms with Crippen LogP contribution in [0.3, 0.4) is 0 Å². The molecular weight excluding hydrogens is 308 g/mol. The predicted octanol–water partition coefficient (Wildman–Crippen LogP) is 1.74. The van der Waals surface area contributed by atoms with Gasteiger partial charge in [0.1, 0.15) is 9.84 Å². The molecule has 0 radical (unpaired) electrons. The largest absolute Gasteiger partial charge is 0.352 e. The Balaban J connectivity index is 1.63. The molecule has 3 rings (SSSR count). The number of hydrogen-bond donors (Lipinski definition) is 1. The number of aromatic nitrogens is 1. The van der Waals surface area contributed by atoms with Crippen LogP contribution in [0.15, 0.2) is 23.7 Å². The molecule has 1 saturated heterocycles. The summed E-state index contributed by atoms with van der Waals surface area (Å²) < 4.78 is 23.8. The van der Waals surface area contributed by atoms with Crippen LogP contribution in [0.2, 0.25) is 0 Å². The second kappa shape index (κ2) is 5.73. The van der Waals surface area contributed by atoms with Gasteiger partial charge in [0.25, 0.3) is 0 Å². The third kappa shape index (κ3) is 3.24. The number of carbonyl (C=O) groups excluding carboxylic acids is 1. The van der Waals surface area contributed by atoms with Crippen LogP contribution in [-0.4, -0.2) is 30.8 Å². The summed E-state index contributed by atoms with van der Waals surface area (Å²) in [6.07, 6.45) is 0.859. The maximum absolute atomic E-state index is 12.1. The zero-order valence-electron chi connectivity index (χ0n) is 11.4. The molecule has 1 aliphatic rings. The summed E-state index contributed by atoms with van der Waals surface area (Å²) in [7, 11) is -2.92. The molecule has 1 aliphatic heterocycles. The molecule has 2 aromatic rings. The van der Waals surface area contributed by atoms with Crippen molar-refractivity contribution < 1.29 is 13.2 Å². The van der Waals surface area contributed by atoms with Gasteiger partial charge in [0.05, 0.1) is 27.2 Å². The van der Waals surface area contributed by atoms with Gasteiger partial charge in [0.15, 0.2) is 0 Å². The summed E-state index contributed by atoms with van der Waals surface area (Å²) in [5, 5.41) is 2.92. The number of carbonyl (C=O) groups is 1. The summed E-state index contributed by atoms with van der Waals surface area (Å²) in [4.78, 5) is 16.4. The normalized spacial score (nSPS) is 18.7. The Labute approximate surface area is 127 Å². The van der Waals surface area contributed by atoms with E-state index in [1.165, 1.54) is 0 Å². The van der Waals surface area contributed by atoms with Crippen LogP contribution >= 0.6 is 11.3 Å². The Morgan fingerprint density at radius 2 is 2.10 bits per heavy atom. The zero-order valence-corrected chi connectivity index (χ0v) is 13.0. The van der Waals surface area contributed by atoms with Crippen LogP contribution in [0.1, 0.15) is 18.4 Å². The lowest BCUT2D eigenvalue weighted by atomic mass is 10.0. The quantitative estimate of drug-likeness (QED) is 0.933. The predicted molar refractivity (Wildman–Crippen MR) is 82.8 cm³/mol. The number of rotatable bonds is 3. The van der Waals surface area contributed by atoms with E-state index in [0.29, 0.717) is 19.4 Å². The van der Waals surface area contributed by atoms with Gasteiger partial charge in [0, 0.05) is 12.5 Å². The van der Waals surface area contributed by atoms with Gasteiger partial charge in [-0.3, -0.25) is 4.79 Å². The Morgan fingerprint density at radius 3 is 2.86 bits per heavy atom. The van der Waals surface area contributed by atoms with Crippen molar-refractivity contribution in [2.75, 3.05) is 11.5 Å². The molecule has 0 bridgehead atoms. The van der Waals surface area contributed by atoms with Gasteiger partial charge in [-0.15, -0.1) is 11.3 Å². The number of fused-ring (bicyclic) bond motifs is 1. The van der Waals surface area contributed by atoms with Gasteiger partial charge in [0.2, 0.25) is 5.91 Å². The molecule has 21 heavy (non-hydrogen) atoms. The number of thiazole rings is 1. The highest BCUT2D eigenvalue weighted by Crippen LogP contribution is 2.23. The maximum atomic E-state index is 12.1. The molecule has 0 unspecified atom stereocenters. The van der Waals surface area contributed by atoms with Crippen molar-refractivity contribution in [3.05, 3.63) is 29.3 Å². The lowest BCUT2D eigenvalue weighted by molar-refractivity contribution is -0.125. The van der Waals surface area contributed by atoms with Gasteiger partial charge in [-0.1, -0.05) is 12.1 Å². The molecule has 5 nitrogen and oxygen atoms in total. The minimum absolute atomic E-state index is 0.0496. The number of sulfone groups is 1. The van der Waals surface area contributed by atoms with Crippen LogP contribution in [0.4, 0.5) is 0 Å². The fourth-order valence-electron chi connectivity index (χ4n) is 2.56. The summed E-state index contributed by atoms with van der Waals surface area (Å²) >= 11 is 1.56. The molecule has 1 aromatic heterocycles. The smallest absolute Gasteiger partial charge is 0.223 e. The topological polar surface area (TPSA) is 76.1 Å². The molecule has 1 N–H and O–H groups in total. The van der Waals surface area contributed by atoms with Crippen molar-refractivity contribution >= 4 is 37.3 Å². The van der Waals surface area contributed by atoms with Gasteiger partial charge >= 0.3 is 0 Å². The second-order valence-electron chi connectivity index (χ2n) is 5.26. The van der Waals surface area contributed by atoms with E-state index in [1.54, 1.807) is 16.8 Å². The first-order chi connectivity index (χ1) is 10.1. The van der Waals surface area contributed by atoms with E-state index in [0.717, 1.165) is 15.8 Å². The minimum Gasteiger partial charge on any atom is -0.352 e. The van der Waals surface area contributed by atoms with E-state index >= 15 is 0 Å². The highest BCUT2D eigenvalue weighted by molar-refractivity contribution is 7.91. The molecule has 0 saturated carbocycles. The maximum Gasteiger partial charge on any atom is 0.223 e. The first kappa shape index (κ1) is 14.5. The average Bonchev–Trinajstić information content (AvgIpc) is 2.93. The Hall–Kier alpha value is -1.47. The SMILES string of the molecule is O=C(NCc1cccc2ncsc12)C1CCS(=O)(=O)CC1. The van der Waals surface area contributed by atoms with Crippen LogP contribution < -0.4 is 5.32 Å². The standard InChI is InChI=1S/C14H16N2O3S2/c17-14(10-4-6-21(18,19)7-5-10)15-8-11-2-1-3-12-13(11)20-9-16-12/h1-3,9-10H,4-8H2,(H,15,17). The van der Waals surface area contributed by atoms with Crippen LogP contribution in [-0.2, 0) is 21.2 Å². The molecule has 1 aromatic carbocycles. The Morgan fingerprint density at radius 1 is 1.33 bits per heavy atom. The van der Waals surface area contributed by atoms with E-state index in [1.807, 2.05) is 18.2 Å². The highest BCUT2D eigenvalue weighted by Gasteiger charge is 2.28. The first-order valence-electron chi connectivity index (χ1n) is 6.84. The summed E-state index contributed by atoms with van der Waals surface area (Å²) in [5.74, 6) is 0.00555. The third-order valence-electron chi connectivity index (χ3n) is 3.82. The van der Waals surface area contributed by atoms with Crippen LogP contribution in [0, 0.1) is 5.92 Å². The van der Waals surface area contributed by atoms with Crippen molar-refractivity contribution in [3.63, 3.8) is 0 Å². The third-order valence-corrected chi connectivity index (χ3v) is 6.45. The fraction of sp³-hybridized carbons (Fsp3) is 0.429. The number of hydrogen-bond acceptors (Lipinski definition) is 5. The molecular formula is C14H16N2O3S2. The van der Waals surface area contributed by atoms with Crippen molar-refractivity contribution in [2.24, 2.45) is 5.92 Å². The van der Waals surface area contributed by atoms with E-state index in [4.69, 9.17) is 0 Å². The van der Waals surface area contributed by atoms with Crippen LogP contribution in [0.25, 0.3) is 10.2 Å². The van der Waals surface area contributed by atoms with Crippen molar-refractivity contribution in [1.29, 1.82) is 0 Å². The van der Waals surface area contributed by atoms with E-state index in [2.05, 4.69) is 10.3 Å². The van der Waals surface area contributed by atoms with Crippen molar-refractivity contribution in [2.45, 2.75) is 19.4 Å². The van der Waals surface area contributed by atoms with Crippen molar-refractivity contribution in [1.82, 2.24) is 10.3 Å². The van der Waals surface area contributed by atoms with Crippen LogP contribution in [0.5, 0.6) is 0 Å². The molecule has 0 spiro atoms. The first-order valence-corrected chi connectivity index (χ1v) is 9.54. The minimum atomic E-state index is -2.92. The highest BCUT2D eigenvalue weighted by atomic mass is 32.2. The lowest BCUT2D eigenvalue weighted by Crippen LogP contribution is -2.35. The number of benzene rings is 1. The number of nitrogens with zero attached hydrogens (tertiary/aromatic N) is 1. The summed E-state index contributed by atoms with van der Waals surface area (Å²) in [6.45, 7) is 0.460. The van der Waals surface area contributed by atoms with E-state index in [-0.39, 0.29) is 23.3 Å². The Bertz CT molecular complexity index is 753. The Kier molecular flexibility index (Phi) is 3.95. The molecule has 1 fully saturated rings. The van der Waals surface area contributed by atoms with Gasteiger partial charge in [-0.25, -0.2) is 13.4 Å². The molecule has 112 valence electrons. The van der Waals surface area contributed by atoms with Crippen molar-refractivity contribution in [3.8, 4) is 0 Å². The zero-order chi connectivity index (χ0) is 14.9. The van der Waals surface area contributed by atoms with E-state index in [9.17, 15) is 13.2 Å². The number of amides is 1. The molecule has 7 heteroatoms. The fourth-order valence-corrected chi connectivity index (χ4v) is 4.86. The van der Waals surface area contributed by atoms with Gasteiger partial charge in [-0.05, 0) is 24.5 Å². The van der Waals surface area contributed by atoms with Gasteiger partial charge < -0.3 is 5.32 Å². The average molecular weight is 324 g/mol. The number of nitrogens with one attached hydrogen (secondary N) is 1. The summed E-state index contributed by atoms with van der Waals surface area (Å²) in [5.41, 5.74) is 3.78. The molecule has 0 atom stereocenters.